The number of nitrogens with zero attached hydrogens (tertiary/aromatic N) is 1. The molecule has 2 aromatic rings. The normalized spacial score (nSPS) is 15.2. The Hall–Kier alpha value is -2.14. The molecule has 3 N–H and O–H groups in total. The fourth-order valence-corrected chi connectivity index (χ4v) is 2.25. The van der Waals surface area contributed by atoms with Gasteiger partial charge in [0.25, 0.3) is 5.91 Å². The number of hydrogen-bond donors (Lipinski definition) is 2. The van der Waals surface area contributed by atoms with E-state index in [1.165, 1.54) is 0 Å². The number of benzene rings is 1. The molecule has 2 heterocycles. The van der Waals surface area contributed by atoms with Crippen LogP contribution >= 0.6 is 0 Å². The van der Waals surface area contributed by atoms with Gasteiger partial charge in [-0.25, -0.2) is 0 Å². The summed E-state index contributed by atoms with van der Waals surface area (Å²) in [6, 6.07) is 7.46. The maximum absolute atomic E-state index is 11.6. The lowest BCUT2D eigenvalue weighted by molar-refractivity contribution is 0.100. The Bertz CT molecular complexity index is 650. The minimum absolute atomic E-state index is 0.406. The van der Waals surface area contributed by atoms with Crippen LogP contribution in [0, 0.1) is 0 Å². The Labute approximate surface area is 110 Å². The number of methoxy groups -OCH3 is 1. The summed E-state index contributed by atoms with van der Waals surface area (Å²) in [5.41, 5.74) is 7.48. The molecule has 1 aliphatic rings. The lowest BCUT2D eigenvalue weighted by Crippen LogP contribution is -2.40. The average molecular weight is 257 g/mol. The summed E-state index contributed by atoms with van der Waals surface area (Å²) in [7, 11) is 1.56. The van der Waals surface area contributed by atoms with Crippen molar-refractivity contribution in [3.8, 4) is 5.75 Å². The first-order valence-corrected chi connectivity index (χ1v) is 6.18. The van der Waals surface area contributed by atoms with Crippen molar-refractivity contribution < 1.29 is 9.53 Å². The summed E-state index contributed by atoms with van der Waals surface area (Å²) in [6.45, 7) is 1.86. The zero-order valence-corrected chi connectivity index (χ0v) is 10.6. The third-order valence-corrected chi connectivity index (χ3v) is 3.49. The van der Waals surface area contributed by atoms with Gasteiger partial charge in [0.15, 0.2) is 0 Å². The summed E-state index contributed by atoms with van der Waals surface area (Å²) in [6.07, 6.45) is 0. The Kier molecular flexibility index (Phi) is 2.83. The van der Waals surface area contributed by atoms with Crippen molar-refractivity contribution >= 4 is 16.8 Å². The maximum atomic E-state index is 11.6. The first-order chi connectivity index (χ1) is 9.19. The molecule has 98 valence electrons. The van der Waals surface area contributed by atoms with Crippen LogP contribution in [0.5, 0.6) is 5.75 Å². The molecule has 0 atom stereocenters. The predicted octanol–water partition coefficient (Wildman–Crippen LogP) is 1.03. The van der Waals surface area contributed by atoms with Crippen LogP contribution in [0.1, 0.15) is 22.0 Å². The van der Waals surface area contributed by atoms with Gasteiger partial charge in [0.05, 0.1) is 18.2 Å². The van der Waals surface area contributed by atoms with Gasteiger partial charge in [-0.05, 0) is 18.2 Å². The van der Waals surface area contributed by atoms with Gasteiger partial charge >= 0.3 is 0 Å². The van der Waals surface area contributed by atoms with Crippen LogP contribution in [0.3, 0.4) is 0 Å². The fraction of sp³-hybridized carbons (Fsp3) is 0.286. The quantitative estimate of drug-likeness (QED) is 0.861. The van der Waals surface area contributed by atoms with E-state index in [9.17, 15) is 4.79 Å². The molecular formula is C14H15N3O2. The standard InChI is InChI=1S/C14H15N3O2/c1-19-10-4-8-2-3-12(9-6-16-7-9)17-13(8)11(5-10)14(15)18/h2-5,9,16H,6-7H2,1H3,(H2,15,18). The van der Waals surface area contributed by atoms with Gasteiger partial charge in [0, 0.05) is 30.1 Å². The molecule has 1 aliphatic heterocycles. The van der Waals surface area contributed by atoms with Crippen LogP contribution in [0.15, 0.2) is 24.3 Å². The first kappa shape index (κ1) is 11.9. The molecule has 0 unspecified atom stereocenters. The summed E-state index contributed by atoms with van der Waals surface area (Å²) in [4.78, 5) is 16.2. The van der Waals surface area contributed by atoms with Crippen molar-refractivity contribution in [2.24, 2.45) is 5.73 Å². The molecule has 1 fully saturated rings. The van der Waals surface area contributed by atoms with Gasteiger partial charge in [-0.2, -0.15) is 0 Å². The second-order valence-electron chi connectivity index (χ2n) is 4.70. The highest BCUT2D eigenvalue weighted by molar-refractivity contribution is 6.05. The van der Waals surface area contributed by atoms with Crippen molar-refractivity contribution in [3.63, 3.8) is 0 Å². The van der Waals surface area contributed by atoms with Crippen LogP contribution in [-0.2, 0) is 0 Å². The molecule has 3 rings (SSSR count). The second kappa shape index (κ2) is 4.51. The molecule has 19 heavy (non-hydrogen) atoms. The number of fused-ring (bicyclic) bond motifs is 1. The topological polar surface area (TPSA) is 77.2 Å². The molecule has 0 spiro atoms. The number of ether oxygens (including phenoxy) is 1. The van der Waals surface area contributed by atoms with Gasteiger partial charge in [-0.15, -0.1) is 0 Å². The molecule has 0 radical (unpaired) electrons. The minimum Gasteiger partial charge on any atom is -0.497 e. The lowest BCUT2D eigenvalue weighted by Gasteiger charge is -2.26. The highest BCUT2D eigenvalue weighted by atomic mass is 16.5. The number of aromatic nitrogens is 1. The fourth-order valence-electron chi connectivity index (χ4n) is 2.25. The monoisotopic (exact) mass is 257 g/mol. The third-order valence-electron chi connectivity index (χ3n) is 3.49. The number of rotatable bonds is 3. The number of hydrogen-bond acceptors (Lipinski definition) is 4. The highest BCUT2D eigenvalue weighted by Gasteiger charge is 2.21. The van der Waals surface area contributed by atoms with E-state index in [1.54, 1.807) is 13.2 Å². The molecule has 1 aromatic heterocycles. The number of amides is 1. The number of pyridine rings is 1. The number of carbonyl (C=O) groups excluding carboxylic acids is 1. The van der Waals surface area contributed by atoms with E-state index in [4.69, 9.17) is 10.5 Å². The van der Waals surface area contributed by atoms with E-state index in [-0.39, 0.29) is 0 Å². The van der Waals surface area contributed by atoms with E-state index in [0.29, 0.717) is 22.7 Å². The highest BCUT2D eigenvalue weighted by Crippen LogP contribution is 2.27. The van der Waals surface area contributed by atoms with Gasteiger partial charge in [0.2, 0.25) is 0 Å². The number of carbonyl (C=O) groups is 1. The Morgan fingerprint density at radius 2 is 2.21 bits per heavy atom. The van der Waals surface area contributed by atoms with E-state index in [2.05, 4.69) is 10.3 Å². The Morgan fingerprint density at radius 1 is 1.42 bits per heavy atom. The largest absolute Gasteiger partial charge is 0.497 e. The summed E-state index contributed by atoms with van der Waals surface area (Å²) >= 11 is 0. The minimum atomic E-state index is -0.486. The molecule has 0 bridgehead atoms. The van der Waals surface area contributed by atoms with E-state index in [1.807, 2.05) is 18.2 Å². The van der Waals surface area contributed by atoms with Crippen LogP contribution in [0.4, 0.5) is 0 Å². The van der Waals surface area contributed by atoms with E-state index >= 15 is 0 Å². The molecule has 0 aliphatic carbocycles. The summed E-state index contributed by atoms with van der Waals surface area (Å²) in [5, 5.41) is 4.08. The van der Waals surface area contributed by atoms with Crippen molar-refractivity contribution in [1.82, 2.24) is 10.3 Å². The van der Waals surface area contributed by atoms with Crippen molar-refractivity contribution in [3.05, 3.63) is 35.5 Å². The van der Waals surface area contributed by atoms with E-state index < -0.39 is 5.91 Å². The Morgan fingerprint density at radius 3 is 2.79 bits per heavy atom. The molecule has 1 aromatic carbocycles. The lowest BCUT2D eigenvalue weighted by atomic mass is 9.97. The van der Waals surface area contributed by atoms with E-state index in [0.717, 1.165) is 24.2 Å². The Balaban J connectivity index is 2.19. The van der Waals surface area contributed by atoms with Crippen LogP contribution in [0.2, 0.25) is 0 Å². The summed E-state index contributed by atoms with van der Waals surface area (Å²) < 4.78 is 5.18. The molecule has 5 nitrogen and oxygen atoms in total. The first-order valence-electron chi connectivity index (χ1n) is 6.18. The number of primary amides is 1. The predicted molar refractivity (Wildman–Crippen MR) is 72.4 cm³/mol. The van der Waals surface area contributed by atoms with Crippen LogP contribution in [-0.4, -0.2) is 31.1 Å². The van der Waals surface area contributed by atoms with Crippen molar-refractivity contribution in [2.75, 3.05) is 20.2 Å². The zero-order valence-electron chi connectivity index (χ0n) is 10.6. The molecule has 0 saturated carbocycles. The molecule has 5 heteroatoms. The molecular weight excluding hydrogens is 242 g/mol. The number of nitrogens with one attached hydrogen (secondary N) is 1. The van der Waals surface area contributed by atoms with Crippen molar-refractivity contribution in [1.29, 1.82) is 0 Å². The van der Waals surface area contributed by atoms with Gasteiger partial charge in [0.1, 0.15) is 5.75 Å². The zero-order chi connectivity index (χ0) is 13.4. The van der Waals surface area contributed by atoms with Crippen LogP contribution in [0.25, 0.3) is 10.9 Å². The SMILES string of the molecule is COc1cc(C(N)=O)c2nc(C3CNC3)ccc2c1. The van der Waals surface area contributed by atoms with Crippen LogP contribution < -0.4 is 15.8 Å². The number of nitrogens with two attached hydrogens (primary N) is 1. The van der Waals surface area contributed by atoms with Gasteiger partial charge in [-0.1, -0.05) is 6.07 Å². The second-order valence-corrected chi connectivity index (χ2v) is 4.70. The third kappa shape index (κ3) is 2.02. The average Bonchev–Trinajstić information content (AvgIpc) is 2.35. The van der Waals surface area contributed by atoms with Gasteiger partial charge in [-0.3, -0.25) is 9.78 Å². The molecule has 1 amide bonds. The van der Waals surface area contributed by atoms with Gasteiger partial charge < -0.3 is 15.8 Å². The molecule has 1 saturated heterocycles. The maximum Gasteiger partial charge on any atom is 0.251 e. The van der Waals surface area contributed by atoms with Crippen molar-refractivity contribution in [2.45, 2.75) is 5.92 Å². The smallest absolute Gasteiger partial charge is 0.251 e. The summed E-state index contributed by atoms with van der Waals surface area (Å²) in [5.74, 6) is 0.550.